The lowest BCUT2D eigenvalue weighted by molar-refractivity contribution is -0.137. The number of imidazole rings is 1. The summed E-state index contributed by atoms with van der Waals surface area (Å²) in [6.07, 6.45) is -0.973. The number of aromatic nitrogens is 4. The zero-order chi connectivity index (χ0) is 21.5. The van der Waals surface area contributed by atoms with Gasteiger partial charge in [0.25, 0.3) is 11.4 Å². The fraction of sp³-hybridized carbons (Fsp3) is 0.167. The molecular weight excluding hydrogens is 489 g/mol. The van der Waals surface area contributed by atoms with Gasteiger partial charge in [0.2, 0.25) is 0 Å². The standard InChI is InChI=1S/C18H12BrF3N4O3S/c1-2-30-29-28-17-15(24-14-6-4-11(19)9-26(14)17)12-7-23-13-5-3-10(18(20,21)22)8-25(13)16(12)27/h3-9H,2H2,1H3. The van der Waals surface area contributed by atoms with Gasteiger partial charge in [-0.15, -0.1) is 4.33 Å². The zero-order valence-corrected chi connectivity index (χ0v) is 17.6. The minimum absolute atomic E-state index is 0.0354. The molecule has 0 atom stereocenters. The summed E-state index contributed by atoms with van der Waals surface area (Å²) in [7, 11) is 0. The largest absolute Gasteiger partial charge is 0.417 e. The highest BCUT2D eigenvalue weighted by Crippen LogP contribution is 2.32. The smallest absolute Gasteiger partial charge is 0.303 e. The van der Waals surface area contributed by atoms with Crippen LogP contribution in [-0.2, 0) is 10.5 Å². The van der Waals surface area contributed by atoms with Crippen molar-refractivity contribution >= 4 is 39.3 Å². The second-order valence-corrected chi connectivity index (χ2v) is 7.88. The van der Waals surface area contributed by atoms with Crippen LogP contribution in [0.3, 0.4) is 0 Å². The number of rotatable bonds is 5. The molecule has 4 rings (SSSR count). The monoisotopic (exact) mass is 500 g/mol. The fourth-order valence-electron chi connectivity index (χ4n) is 2.76. The Hall–Kier alpha value is -2.57. The number of nitrogens with zero attached hydrogens (tertiary/aromatic N) is 4. The molecule has 0 spiro atoms. The van der Waals surface area contributed by atoms with E-state index in [1.807, 2.05) is 6.92 Å². The van der Waals surface area contributed by atoms with Crippen LogP contribution in [0.4, 0.5) is 13.2 Å². The molecule has 7 nitrogen and oxygen atoms in total. The number of fused-ring (bicyclic) bond motifs is 2. The number of pyridine rings is 2. The SMILES string of the molecule is CCSOOc1c(-c2cnc3ccc(C(F)(F)F)cn3c2=O)nc2ccc(Br)cn12. The van der Waals surface area contributed by atoms with E-state index in [0.29, 0.717) is 17.6 Å². The first-order valence-corrected chi connectivity index (χ1v) is 10.2. The summed E-state index contributed by atoms with van der Waals surface area (Å²) in [5.41, 5.74) is -1.11. The van der Waals surface area contributed by atoms with Crippen LogP contribution < -0.4 is 10.4 Å². The molecule has 4 heterocycles. The van der Waals surface area contributed by atoms with E-state index in [0.717, 1.165) is 33.0 Å². The van der Waals surface area contributed by atoms with Crippen molar-refractivity contribution < 1.29 is 22.4 Å². The molecule has 0 aromatic carbocycles. The van der Waals surface area contributed by atoms with Gasteiger partial charge in [-0.2, -0.15) is 13.2 Å². The van der Waals surface area contributed by atoms with E-state index >= 15 is 0 Å². The molecule has 12 heteroatoms. The fourth-order valence-corrected chi connectivity index (χ4v) is 3.31. The highest BCUT2D eigenvalue weighted by Gasteiger charge is 2.31. The van der Waals surface area contributed by atoms with Gasteiger partial charge in [0, 0.05) is 40.9 Å². The Bertz CT molecular complexity index is 1310. The van der Waals surface area contributed by atoms with Crippen LogP contribution in [0.25, 0.3) is 22.6 Å². The Morgan fingerprint density at radius 1 is 1.13 bits per heavy atom. The van der Waals surface area contributed by atoms with Gasteiger partial charge in [-0.25, -0.2) is 9.97 Å². The molecule has 30 heavy (non-hydrogen) atoms. The Balaban J connectivity index is 1.94. The molecule has 0 aliphatic carbocycles. The molecule has 4 aromatic heterocycles. The van der Waals surface area contributed by atoms with Crippen LogP contribution >= 0.6 is 28.0 Å². The van der Waals surface area contributed by atoms with Crippen LogP contribution in [0.5, 0.6) is 5.88 Å². The topological polar surface area (TPSA) is 70.1 Å². The van der Waals surface area contributed by atoms with E-state index < -0.39 is 17.3 Å². The lowest BCUT2D eigenvalue weighted by atomic mass is 10.2. The highest BCUT2D eigenvalue weighted by molar-refractivity contribution is 9.10. The Morgan fingerprint density at radius 3 is 2.63 bits per heavy atom. The van der Waals surface area contributed by atoms with Gasteiger partial charge < -0.3 is 4.89 Å². The molecule has 0 aliphatic heterocycles. The van der Waals surface area contributed by atoms with Crippen molar-refractivity contribution in [2.75, 3.05) is 5.75 Å². The summed E-state index contributed by atoms with van der Waals surface area (Å²) in [5.74, 6) is 0.703. The van der Waals surface area contributed by atoms with E-state index in [1.165, 1.54) is 6.20 Å². The first kappa shape index (κ1) is 20.7. The maximum absolute atomic E-state index is 13.1. The summed E-state index contributed by atoms with van der Waals surface area (Å²) >= 11 is 4.39. The molecule has 156 valence electrons. The molecule has 0 saturated heterocycles. The van der Waals surface area contributed by atoms with Gasteiger partial charge in [0.15, 0.2) is 0 Å². The molecule has 0 aliphatic rings. The minimum Gasteiger partial charge on any atom is -0.303 e. The first-order valence-electron chi connectivity index (χ1n) is 8.52. The third-order valence-electron chi connectivity index (χ3n) is 4.10. The van der Waals surface area contributed by atoms with Crippen LogP contribution in [0.2, 0.25) is 0 Å². The summed E-state index contributed by atoms with van der Waals surface area (Å²) in [4.78, 5) is 26.9. The number of alkyl halides is 3. The molecular formula is C18H12BrF3N4O3S. The number of hydrogen-bond acceptors (Lipinski definition) is 6. The average Bonchev–Trinajstić information content (AvgIpc) is 3.05. The summed E-state index contributed by atoms with van der Waals surface area (Å²) in [5, 5.41) is 0. The molecule has 0 unspecified atom stereocenters. The second kappa shape index (κ2) is 7.93. The van der Waals surface area contributed by atoms with Crippen molar-refractivity contribution in [3.8, 4) is 17.1 Å². The van der Waals surface area contributed by atoms with E-state index in [1.54, 1.807) is 22.7 Å². The maximum Gasteiger partial charge on any atom is 0.417 e. The Kier molecular flexibility index (Phi) is 5.47. The van der Waals surface area contributed by atoms with Crippen molar-refractivity contribution in [2.45, 2.75) is 13.1 Å². The summed E-state index contributed by atoms with van der Waals surface area (Å²) in [6.45, 7) is 1.86. The van der Waals surface area contributed by atoms with Crippen LogP contribution in [0, 0.1) is 0 Å². The van der Waals surface area contributed by atoms with Crippen molar-refractivity contribution in [1.82, 2.24) is 18.8 Å². The first-order chi connectivity index (χ1) is 14.3. The summed E-state index contributed by atoms with van der Waals surface area (Å²) < 4.78 is 47.5. The van der Waals surface area contributed by atoms with Gasteiger partial charge in [-0.3, -0.25) is 13.6 Å². The third-order valence-corrected chi connectivity index (χ3v) is 4.97. The van der Waals surface area contributed by atoms with Crippen molar-refractivity contribution in [1.29, 1.82) is 0 Å². The van der Waals surface area contributed by atoms with Crippen LogP contribution in [-0.4, -0.2) is 24.5 Å². The third kappa shape index (κ3) is 3.77. The normalized spacial score (nSPS) is 12.0. The van der Waals surface area contributed by atoms with Gasteiger partial charge >= 0.3 is 6.18 Å². The Labute approximate surface area is 179 Å². The van der Waals surface area contributed by atoms with Crippen molar-refractivity contribution in [2.24, 2.45) is 0 Å². The molecule has 0 amide bonds. The minimum atomic E-state index is -4.60. The maximum atomic E-state index is 13.1. The van der Waals surface area contributed by atoms with Gasteiger partial charge in [0.1, 0.15) is 17.0 Å². The average molecular weight is 501 g/mol. The van der Waals surface area contributed by atoms with Crippen LogP contribution in [0.15, 0.2) is 52.1 Å². The van der Waals surface area contributed by atoms with Gasteiger partial charge in [-0.05, 0) is 40.2 Å². The zero-order valence-electron chi connectivity index (χ0n) is 15.2. The predicted octanol–water partition coefficient (Wildman–Crippen LogP) is 4.77. The number of halogens is 4. The van der Waals surface area contributed by atoms with Crippen molar-refractivity contribution in [3.63, 3.8) is 0 Å². The van der Waals surface area contributed by atoms with Gasteiger partial charge in [-0.1, -0.05) is 6.92 Å². The molecule has 0 saturated carbocycles. The molecule has 0 N–H and O–H groups in total. The van der Waals surface area contributed by atoms with E-state index in [4.69, 9.17) is 9.22 Å². The highest BCUT2D eigenvalue weighted by atomic mass is 79.9. The second-order valence-electron chi connectivity index (χ2n) is 6.02. The molecule has 0 fully saturated rings. The lowest BCUT2D eigenvalue weighted by Crippen LogP contribution is -2.19. The quantitative estimate of drug-likeness (QED) is 0.170. The summed E-state index contributed by atoms with van der Waals surface area (Å²) in [6, 6.07) is 5.43. The van der Waals surface area contributed by atoms with Gasteiger partial charge in [0.05, 0.1) is 11.1 Å². The van der Waals surface area contributed by atoms with E-state index in [2.05, 4.69) is 25.9 Å². The number of hydrogen-bond donors (Lipinski definition) is 0. The Morgan fingerprint density at radius 2 is 1.90 bits per heavy atom. The van der Waals surface area contributed by atoms with Crippen LogP contribution in [0.1, 0.15) is 12.5 Å². The molecule has 0 bridgehead atoms. The molecule has 4 aromatic rings. The lowest BCUT2D eigenvalue weighted by Gasteiger charge is -2.09. The van der Waals surface area contributed by atoms with Crippen molar-refractivity contribution in [3.05, 3.63) is 63.2 Å². The van der Waals surface area contributed by atoms with E-state index in [-0.39, 0.29) is 22.8 Å². The van der Waals surface area contributed by atoms with E-state index in [9.17, 15) is 18.0 Å². The predicted molar refractivity (Wildman–Crippen MR) is 108 cm³/mol. The molecule has 0 radical (unpaired) electrons.